The highest BCUT2D eigenvalue weighted by atomic mass is 35.5. The minimum Gasteiger partial charge on any atom is -0.481 e. The van der Waals surface area contributed by atoms with Crippen molar-refractivity contribution in [3.63, 3.8) is 0 Å². The van der Waals surface area contributed by atoms with Crippen molar-refractivity contribution in [3.8, 4) is 0 Å². The van der Waals surface area contributed by atoms with Crippen molar-refractivity contribution in [2.75, 3.05) is 13.1 Å². The number of carboxylic acid groups (broad SMARTS) is 1. The summed E-state index contributed by atoms with van der Waals surface area (Å²) in [4.78, 5) is 25.5. The zero-order valence-corrected chi connectivity index (χ0v) is 13.2. The minimum atomic E-state index is -0.770. The van der Waals surface area contributed by atoms with Gasteiger partial charge in [0.2, 0.25) is 5.91 Å². The quantitative estimate of drug-likeness (QED) is 0.842. The molecule has 0 spiro atoms. The molecule has 1 saturated heterocycles. The average Bonchev–Trinajstić information content (AvgIpc) is 2.88. The number of hydrogen-bond acceptors (Lipinski definition) is 3. The van der Waals surface area contributed by atoms with Gasteiger partial charge in [0.15, 0.2) is 0 Å². The first-order chi connectivity index (χ1) is 10.0. The maximum Gasteiger partial charge on any atom is 0.303 e. The Bertz CT molecular complexity index is 541. The second-order valence-electron chi connectivity index (χ2n) is 5.20. The van der Waals surface area contributed by atoms with Crippen LogP contribution >= 0.6 is 22.9 Å². The van der Waals surface area contributed by atoms with E-state index in [2.05, 4.69) is 0 Å². The highest BCUT2D eigenvalue weighted by molar-refractivity contribution is 7.17. The molecule has 1 aromatic heterocycles. The Hall–Kier alpha value is -1.33. The third-order valence-electron chi connectivity index (χ3n) is 3.58. The maximum atomic E-state index is 12.2. The molecule has 0 aromatic carbocycles. The summed E-state index contributed by atoms with van der Waals surface area (Å²) < 4.78 is 0.703. The van der Waals surface area contributed by atoms with Gasteiger partial charge in [0, 0.05) is 30.5 Å². The lowest BCUT2D eigenvalue weighted by atomic mass is 9.93. The molecule has 1 amide bonds. The van der Waals surface area contributed by atoms with Crippen LogP contribution in [0.25, 0.3) is 6.08 Å². The van der Waals surface area contributed by atoms with Crippen LogP contribution in [0.5, 0.6) is 0 Å². The number of carbonyl (C=O) groups excluding carboxylic acids is 1. The summed E-state index contributed by atoms with van der Waals surface area (Å²) in [7, 11) is 0. The molecular weight excluding hydrogens is 310 g/mol. The summed E-state index contributed by atoms with van der Waals surface area (Å²) in [5.74, 6) is -0.490. The summed E-state index contributed by atoms with van der Waals surface area (Å²) in [6, 6.07) is 3.68. The Balaban J connectivity index is 1.86. The molecule has 114 valence electrons. The largest absolute Gasteiger partial charge is 0.481 e. The lowest BCUT2D eigenvalue weighted by Crippen LogP contribution is -2.39. The summed E-state index contributed by atoms with van der Waals surface area (Å²) in [5, 5.41) is 8.73. The summed E-state index contributed by atoms with van der Waals surface area (Å²) >= 11 is 7.28. The smallest absolute Gasteiger partial charge is 0.303 e. The van der Waals surface area contributed by atoms with Crippen LogP contribution in [0.3, 0.4) is 0 Å². The molecule has 0 unspecified atom stereocenters. The highest BCUT2D eigenvalue weighted by Gasteiger charge is 2.22. The van der Waals surface area contributed by atoms with E-state index < -0.39 is 5.97 Å². The molecule has 4 nitrogen and oxygen atoms in total. The number of halogens is 1. The van der Waals surface area contributed by atoms with E-state index >= 15 is 0 Å². The average molecular weight is 328 g/mol. The molecule has 1 aromatic rings. The summed E-state index contributed by atoms with van der Waals surface area (Å²) in [6.45, 7) is 1.40. The third-order valence-corrected chi connectivity index (χ3v) is 4.78. The first-order valence-electron chi connectivity index (χ1n) is 6.98. The number of thiophene rings is 1. The van der Waals surface area contributed by atoms with Gasteiger partial charge in [0.05, 0.1) is 4.34 Å². The zero-order chi connectivity index (χ0) is 15.2. The van der Waals surface area contributed by atoms with Gasteiger partial charge in [0.25, 0.3) is 0 Å². The molecule has 1 N–H and O–H groups in total. The predicted octanol–water partition coefficient (Wildman–Crippen LogP) is 3.52. The van der Waals surface area contributed by atoms with Gasteiger partial charge < -0.3 is 10.0 Å². The maximum absolute atomic E-state index is 12.2. The first-order valence-corrected chi connectivity index (χ1v) is 8.18. The number of amides is 1. The molecule has 0 saturated carbocycles. The van der Waals surface area contributed by atoms with Gasteiger partial charge in [-0.15, -0.1) is 11.3 Å². The second kappa shape index (κ2) is 7.61. The van der Waals surface area contributed by atoms with Gasteiger partial charge in [-0.1, -0.05) is 11.6 Å². The molecule has 0 aliphatic carbocycles. The normalized spacial score (nSPS) is 19.1. The predicted molar refractivity (Wildman–Crippen MR) is 84.5 cm³/mol. The Morgan fingerprint density at radius 1 is 1.48 bits per heavy atom. The first kappa shape index (κ1) is 16.0. The minimum absolute atomic E-state index is 0.0143. The molecule has 0 radical (unpaired) electrons. The Labute approximate surface area is 133 Å². The van der Waals surface area contributed by atoms with Crippen molar-refractivity contribution in [1.29, 1.82) is 0 Å². The van der Waals surface area contributed by atoms with Gasteiger partial charge >= 0.3 is 5.97 Å². The summed E-state index contributed by atoms with van der Waals surface area (Å²) in [6.07, 6.45) is 6.11. The SMILES string of the molecule is O=C(O)CC[C@H]1CCCN(C(=O)/C=C\c2ccc(Cl)s2)C1. The molecule has 2 rings (SSSR count). The van der Waals surface area contributed by atoms with Crippen molar-refractivity contribution in [2.45, 2.75) is 25.7 Å². The van der Waals surface area contributed by atoms with Gasteiger partial charge in [-0.3, -0.25) is 9.59 Å². The van der Waals surface area contributed by atoms with Crippen LogP contribution in [0.1, 0.15) is 30.6 Å². The highest BCUT2D eigenvalue weighted by Crippen LogP contribution is 2.23. The van der Waals surface area contributed by atoms with Crippen molar-refractivity contribution >= 4 is 40.9 Å². The van der Waals surface area contributed by atoms with Crippen molar-refractivity contribution in [1.82, 2.24) is 4.90 Å². The van der Waals surface area contributed by atoms with Crippen LogP contribution in [0.15, 0.2) is 18.2 Å². The number of rotatable bonds is 5. The molecule has 1 aliphatic heterocycles. The molecule has 6 heteroatoms. The number of likely N-dealkylation sites (tertiary alicyclic amines) is 1. The number of aliphatic carboxylic acids is 1. The number of carboxylic acids is 1. The van der Waals surface area contributed by atoms with Crippen LogP contribution in [0.4, 0.5) is 0 Å². The molecule has 1 fully saturated rings. The number of hydrogen-bond donors (Lipinski definition) is 1. The summed E-state index contributed by atoms with van der Waals surface area (Å²) in [5.41, 5.74) is 0. The Morgan fingerprint density at radius 2 is 2.29 bits per heavy atom. The van der Waals surface area contributed by atoms with E-state index in [1.165, 1.54) is 11.3 Å². The van der Waals surface area contributed by atoms with Gasteiger partial charge in [-0.25, -0.2) is 0 Å². The number of nitrogens with zero attached hydrogens (tertiary/aromatic N) is 1. The van der Waals surface area contributed by atoms with Gasteiger partial charge in [0.1, 0.15) is 0 Å². The number of carbonyl (C=O) groups is 2. The van der Waals surface area contributed by atoms with Crippen LogP contribution in [0.2, 0.25) is 4.34 Å². The van der Waals surface area contributed by atoms with Crippen molar-refractivity contribution in [3.05, 3.63) is 27.4 Å². The molecule has 1 atom stereocenters. The van der Waals surface area contributed by atoms with Crippen molar-refractivity contribution in [2.24, 2.45) is 5.92 Å². The monoisotopic (exact) mass is 327 g/mol. The zero-order valence-electron chi connectivity index (χ0n) is 11.6. The third kappa shape index (κ3) is 5.17. The lowest BCUT2D eigenvalue weighted by Gasteiger charge is -2.31. The Kier molecular flexibility index (Phi) is 5.82. The van der Waals surface area contributed by atoms with Crippen LogP contribution in [-0.4, -0.2) is 35.0 Å². The van der Waals surface area contributed by atoms with Crippen molar-refractivity contribution < 1.29 is 14.7 Å². The van der Waals surface area contributed by atoms with E-state index in [1.807, 2.05) is 11.0 Å². The van der Waals surface area contributed by atoms with Crippen LogP contribution < -0.4 is 0 Å². The van der Waals surface area contributed by atoms with E-state index in [1.54, 1.807) is 18.2 Å². The lowest BCUT2D eigenvalue weighted by molar-refractivity contribution is -0.137. The van der Waals surface area contributed by atoms with Crippen LogP contribution in [0, 0.1) is 5.92 Å². The van der Waals surface area contributed by atoms with Crippen LogP contribution in [-0.2, 0) is 9.59 Å². The molecule has 2 heterocycles. The Morgan fingerprint density at radius 3 is 2.95 bits per heavy atom. The molecule has 21 heavy (non-hydrogen) atoms. The van der Waals surface area contributed by atoms with E-state index in [0.717, 1.165) is 24.3 Å². The fraction of sp³-hybridized carbons (Fsp3) is 0.467. The van der Waals surface area contributed by atoms with E-state index in [-0.39, 0.29) is 12.3 Å². The fourth-order valence-corrected chi connectivity index (χ4v) is 3.47. The molecule has 0 bridgehead atoms. The van der Waals surface area contributed by atoms with E-state index in [9.17, 15) is 9.59 Å². The van der Waals surface area contributed by atoms with Gasteiger partial charge in [-0.05, 0) is 43.4 Å². The fourth-order valence-electron chi connectivity index (χ4n) is 2.51. The van der Waals surface area contributed by atoms with E-state index in [4.69, 9.17) is 16.7 Å². The second-order valence-corrected chi connectivity index (χ2v) is 6.95. The molecule has 1 aliphatic rings. The topological polar surface area (TPSA) is 57.6 Å². The molecular formula is C15H18ClNO3S. The standard InChI is InChI=1S/C15H18ClNO3S/c16-13-6-4-12(21-13)5-7-14(18)17-9-1-2-11(10-17)3-8-15(19)20/h4-7,11H,1-3,8-10H2,(H,19,20)/b7-5-/t11-/m1/s1. The number of piperidine rings is 1. The van der Waals surface area contributed by atoms with Gasteiger partial charge in [-0.2, -0.15) is 0 Å². The van der Waals surface area contributed by atoms with E-state index in [0.29, 0.717) is 23.2 Å².